The van der Waals surface area contributed by atoms with Gasteiger partial charge >= 0.3 is 5.97 Å². The molecule has 0 aliphatic rings. The Morgan fingerprint density at radius 2 is 1.73 bits per heavy atom. The van der Waals surface area contributed by atoms with Crippen LogP contribution in [0, 0.1) is 11.3 Å². The fourth-order valence-electron chi connectivity index (χ4n) is 2.44. The van der Waals surface area contributed by atoms with Gasteiger partial charge in [0.2, 0.25) is 0 Å². The molecular formula is C18H13N3O4S. The van der Waals surface area contributed by atoms with Gasteiger partial charge in [-0.2, -0.15) is 10.4 Å². The Hall–Kier alpha value is -3.44. The first kappa shape index (κ1) is 17.4. The van der Waals surface area contributed by atoms with Crippen LogP contribution >= 0.6 is 0 Å². The molecule has 0 spiro atoms. The summed E-state index contributed by atoms with van der Waals surface area (Å²) in [6.07, 6.45) is 1.12. The molecule has 0 saturated heterocycles. The lowest BCUT2D eigenvalue weighted by Crippen LogP contribution is -2.02. The van der Waals surface area contributed by atoms with Gasteiger partial charge in [0.25, 0.3) is 0 Å². The molecule has 0 aliphatic heterocycles. The quantitative estimate of drug-likeness (QED) is 0.758. The van der Waals surface area contributed by atoms with Gasteiger partial charge < -0.3 is 5.11 Å². The average Bonchev–Trinajstić information content (AvgIpc) is 3.07. The van der Waals surface area contributed by atoms with Crippen LogP contribution in [-0.2, 0) is 9.84 Å². The first-order valence-electron chi connectivity index (χ1n) is 7.44. The van der Waals surface area contributed by atoms with Crippen LogP contribution in [0.15, 0.2) is 59.5 Å². The molecule has 1 N–H and O–H groups in total. The number of carboxylic acid groups (broad SMARTS) is 1. The summed E-state index contributed by atoms with van der Waals surface area (Å²) in [6.45, 7) is 0. The molecular weight excluding hydrogens is 354 g/mol. The van der Waals surface area contributed by atoms with E-state index in [4.69, 9.17) is 5.26 Å². The Kier molecular flexibility index (Phi) is 4.32. The minimum absolute atomic E-state index is 0.142. The highest BCUT2D eigenvalue weighted by molar-refractivity contribution is 7.90. The molecule has 0 amide bonds. The number of carbonyl (C=O) groups is 1. The highest BCUT2D eigenvalue weighted by Crippen LogP contribution is 2.25. The van der Waals surface area contributed by atoms with Crippen LogP contribution in [0.5, 0.6) is 0 Å². The van der Waals surface area contributed by atoms with E-state index in [1.165, 1.54) is 22.9 Å². The number of aromatic carboxylic acids is 1. The third kappa shape index (κ3) is 3.34. The van der Waals surface area contributed by atoms with E-state index in [2.05, 4.69) is 5.10 Å². The first-order valence-corrected chi connectivity index (χ1v) is 9.33. The summed E-state index contributed by atoms with van der Waals surface area (Å²) in [7, 11) is -3.33. The third-order valence-electron chi connectivity index (χ3n) is 3.75. The summed E-state index contributed by atoms with van der Waals surface area (Å²) in [5.74, 6) is -1.17. The number of sulfone groups is 1. The Balaban J connectivity index is 2.14. The second kappa shape index (κ2) is 6.46. The van der Waals surface area contributed by atoms with E-state index in [1.54, 1.807) is 36.4 Å². The highest BCUT2D eigenvalue weighted by atomic mass is 32.2. The van der Waals surface area contributed by atoms with Gasteiger partial charge in [-0.05, 0) is 42.5 Å². The molecule has 7 nitrogen and oxygen atoms in total. The van der Waals surface area contributed by atoms with E-state index < -0.39 is 15.8 Å². The molecule has 0 saturated carbocycles. The maximum absolute atomic E-state index is 11.6. The predicted molar refractivity (Wildman–Crippen MR) is 93.8 cm³/mol. The molecule has 1 heterocycles. The third-order valence-corrected chi connectivity index (χ3v) is 4.88. The van der Waals surface area contributed by atoms with E-state index in [1.807, 2.05) is 6.07 Å². The van der Waals surface area contributed by atoms with Gasteiger partial charge in [-0.25, -0.2) is 17.9 Å². The fourth-order valence-corrected chi connectivity index (χ4v) is 3.07. The summed E-state index contributed by atoms with van der Waals surface area (Å²) in [5, 5.41) is 22.3. The van der Waals surface area contributed by atoms with Crippen LogP contribution in [-0.4, -0.2) is 35.5 Å². The standard InChI is InChI=1S/C18H13N3O4S/c1-26(24,25)15-8-4-13(5-9-15)17-10-16(18(22)23)20-21(17)14-6-2-12(11-19)3-7-14/h2-10H,1H3,(H,22,23). The molecule has 130 valence electrons. The first-order chi connectivity index (χ1) is 12.3. The predicted octanol–water partition coefficient (Wildman–Crippen LogP) is 2.51. The SMILES string of the molecule is CS(=O)(=O)c1ccc(-c2cc(C(=O)O)nn2-c2ccc(C#N)cc2)cc1. The molecule has 0 aliphatic carbocycles. The van der Waals surface area contributed by atoms with Gasteiger partial charge in [0.15, 0.2) is 15.5 Å². The topological polar surface area (TPSA) is 113 Å². The molecule has 0 bridgehead atoms. The largest absolute Gasteiger partial charge is 0.476 e. The number of benzene rings is 2. The Bertz CT molecular complexity index is 1120. The molecule has 0 unspecified atom stereocenters. The normalized spacial score (nSPS) is 11.1. The molecule has 26 heavy (non-hydrogen) atoms. The van der Waals surface area contributed by atoms with Gasteiger partial charge in [-0.15, -0.1) is 0 Å². The van der Waals surface area contributed by atoms with E-state index in [9.17, 15) is 18.3 Å². The summed E-state index contributed by atoms with van der Waals surface area (Å²) < 4.78 is 24.6. The molecule has 1 aromatic heterocycles. The lowest BCUT2D eigenvalue weighted by molar-refractivity contribution is 0.0690. The zero-order chi connectivity index (χ0) is 18.9. The van der Waals surface area contributed by atoms with E-state index in [0.717, 1.165) is 6.26 Å². The van der Waals surface area contributed by atoms with Crippen molar-refractivity contribution in [2.45, 2.75) is 4.90 Å². The monoisotopic (exact) mass is 367 g/mol. The van der Waals surface area contributed by atoms with Crippen molar-refractivity contribution in [3.63, 3.8) is 0 Å². The van der Waals surface area contributed by atoms with Crippen LogP contribution in [0.1, 0.15) is 16.1 Å². The average molecular weight is 367 g/mol. The maximum atomic E-state index is 11.6. The lowest BCUT2D eigenvalue weighted by atomic mass is 10.1. The molecule has 2 aromatic carbocycles. The van der Waals surface area contributed by atoms with E-state index in [-0.39, 0.29) is 10.6 Å². The van der Waals surface area contributed by atoms with Gasteiger partial charge in [0.05, 0.1) is 27.9 Å². The summed E-state index contributed by atoms with van der Waals surface area (Å²) in [5.41, 5.74) is 2.02. The number of aromatic nitrogens is 2. The number of carboxylic acids is 1. The van der Waals surface area contributed by atoms with Crippen molar-refractivity contribution >= 4 is 15.8 Å². The second-order valence-corrected chi connectivity index (χ2v) is 7.60. The van der Waals surface area contributed by atoms with Gasteiger partial charge in [-0.1, -0.05) is 12.1 Å². The minimum Gasteiger partial charge on any atom is -0.476 e. The van der Waals surface area contributed by atoms with Crippen molar-refractivity contribution < 1.29 is 18.3 Å². The minimum atomic E-state index is -3.33. The fraction of sp³-hybridized carbons (Fsp3) is 0.0556. The Labute approximate surface area is 149 Å². The number of rotatable bonds is 4. The van der Waals surface area contributed by atoms with Crippen molar-refractivity contribution in [1.29, 1.82) is 5.26 Å². The summed E-state index contributed by atoms with van der Waals surface area (Å²) in [4.78, 5) is 11.5. The molecule has 3 aromatic rings. The molecule has 0 radical (unpaired) electrons. The number of nitriles is 1. The zero-order valence-electron chi connectivity index (χ0n) is 13.6. The lowest BCUT2D eigenvalue weighted by Gasteiger charge is -2.08. The Morgan fingerprint density at radius 3 is 2.23 bits per heavy atom. The van der Waals surface area contributed by atoms with Gasteiger partial charge in [0.1, 0.15) is 0 Å². The van der Waals surface area contributed by atoms with Crippen molar-refractivity contribution in [3.8, 4) is 23.0 Å². The zero-order valence-corrected chi connectivity index (χ0v) is 14.4. The number of nitrogens with zero attached hydrogens (tertiary/aromatic N) is 3. The van der Waals surface area contributed by atoms with Gasteiger partial charge in [0, 0.05) is 11.8 Å². The van der Waals surface area contributed by atoms with Crippen LogP contribution in [0.2, 0.25) is 0 Å². The Morgan fingerprint density at radius 1 is 1.12 bits per heavy atom. The number of hydrogen-bond donors (Lipinski definition) is 1. The molecule has 0 atom stereocenters. The second-order valence-electron chi connectivity index (χ2n) is 5.59. The van der Waals surface area contributed by atoms with Crippen molar-refractivity contribution in [3.05, 3.63) is 65.9 Å². The molecule has 0 fully saturated rings. The number of hydrogen-bond acceptors (Lipinski definition) is 5. The summed E-state index contributed by atoms with van der Waals surface area (Å²) in [6, 6.07) is 16.1. The van der Waals surface area contributed by atoms with Crippen molar-refractivity contribution in [1.82, 2.24) is 9.78 Å². The van der Waals surface area contributed by atoms with Crippen LogP contribution in [0.4, 0.5) is 0 Å². The van der Waals surface area contributed by atoms with E-state index >= 15 is 0 Å². The van der Waals surface area contributed by atoms with Crippen molar-refractivity contribution in [2.75, 3.05) is 6.26 Å². The highest BCUT2D eigenvalue weighted by Gasteiger charge is 2.17. The smallest absolute Gasteiger partial charge is 0.356 e. The van der Waals surface area contributed by atoms with Gasteiger partial charge in [-0.3, -0.25) is 0 Å². The van der Waals surface area contributed by atoms with Crippen LogP contribution in [0.3, 0.4) is 0 Å². The summed E-state index contributed by atoms with van der Waals surface area (Å²) >= 11 is 0. The van der Waals surface area contributed by atoms with Crippen molar-refractivity contribution in [2.24, 2.45) is 0 Å². The molecule has 3 rings (SSSR count). The van der Waals surface area contributed by atoms with Crippen LogP contribution < -0.4 is 0 Å². The van der Waals surface area contributed by atoms with E-state index in [0.29, 0.717) is 22.5 Å². The maximum Gasteiger partial charge on any atom is 0.356 e. The molecule has 8 heteroatoms. The van der Waals surface area contributed by atoms with Crippen LogP contribution in [0.25, 0.3) is 16.9 Å².